The van der Waals surface area contributed by atoms with E-state index in [9.17, 15) is 9.46 Å². The van der Waals surface area contributed by atoms with Crippen molar-refractivity contribution in [3.63, 3.8) is 0 Å². The van der Waals surface area contributed by atoms with E-state index in [0.29, 0.717) is 0 Å². The van der Waals surface area contributed by atoms with Crippen LogP contribution < -0.4 is 0 Å². The molecule has 1 atom stereocenters. The second-order valence-corrected chi connectivity index (χ2v) is 3.79. The lowest BCUT2D eigenvalue weighted by Crippen LogP contribution is -2.16. The van der Waals surface area contributed by atoms with E-state index in [1.54, 1.807) is 0 Å². The molecule has 0 aliphatic heterocycles. The van der Waals surface area contributed by atoms with Crippen molar-refractivity contribution in [2.45, 2.75) is 26.4 Å². The van der Waals surface area contributed by atoms with Crippen LogP contribution in [0.5, 0.6) is 0 Å². The van der Waals surface area contributed by atoms with Gasteiger partial charge in [-0.2, -0.15) is 0 Å². The van der Waals surface area contributed by atoms with E-state index in [-0.39, 0.29) is 0 Å². The maximum atomic E-state index is 10.0. The lowest BCUT2D eigenvalue weighted by molar-refractivity contribution is 0.0689. The van der Waals surface area contributed by atoms with Crippen molar-refractivity contribution in [3.05, 3.63) is 0 Å². The van der Waals surface area contributed by atoms with Gasteiger partial charge in [0.2, 0.25) is 0 Å². The first-order valence-corrected chi connectivity index (χ1v) is 3.95. The van der Waals surface area contributed by atoms with Crippen LogP contribution in [0, 0.1) is 0 Å². The van der Waals surface area contributed by atoms with E-state index in [4.69, 9.17) is 4.89 Å². The zero-order valence-corrected chi connectivity index (χ0v) is 6.51. The van der Waals surface area contributed by atoms with Crippen LogP contribution in [0.25, 0.3) is 0 Å². The van der Waals surface area contributed by atoms with Crippen molar-refractivity contribution >= 4 is 7.82 Å². The monoisotopic (exact) mass is 153 g/mol. The molecular weight excluding hydrogens is 143 g/mol. The summed E-state index contributed by atoms with van der Waals surface area (Å²) in [4.78, 5) is 18.1. The number of hydrogen-bond acceptors (Lipinski definition) is 2. The largest absolute Gasteiger partial charge is 0.500 e. The quantitative estimate of drug-likeness (QED) is 0.578. The zero-order chi connectivity index (χ0) is 7.71. The Labute approximate surface area is 54.1 Å². The minimum Gasteiger partial charge on any atom is -0.301 e. The molecule has 0 aromatic heterocycles. The molecule has 0 amide bonds. The minimum absolute atomic E-state index is 0.841. The summed E-state index contributed by atoms with van der Waals surface area (Å²) in [7, 11) is -4.54. The molecule has 4 nitrogen and oxygen atoms in total. The van der Waals surface area contributed by atoms with Crippen LogP contribution in [0.2, 0.25) is 0 Å². The van der Waals surface area contributed by atoms with E-state index in [2.05, 4.69) is 4.52 Å². The Bertz CT molecular complexity index is 130. The van der Waals surface area contributed by atoms with Crippen LogP contribution in [-0.4, -0.2) is 10.5 Å². The number of hydrogen-bond donors (Lipinski definition) is 1. The topological polar surface area (TPSA) is 66.4 Å². The third-order valence-corrected chi connectivity index (χ3v) is 1.17. The van der Waals surface area contributed by atoms with Gasteiger partial charge in [-0.05, 0) is 20.8 Å². The fourth-order valence-electron chi connectivity index (χ4n) is 0.346. The molecular formula is C4H10O4P. The Kier molecular flexibility index (Phi) is 2.41. The lowest BCUT2D eigenvalue weighted by atomic mass is 10.2. The third kappa shape index (κ3) is 8.11. The predicted molar refractivity (Wildman–Crippen MR) is 31.3 cm³/mol. The second kappa shape index (κ2) is 2.39. The molecule has 1 N–H and O–H groups in total. The highest BCUT2D eigenvalue weighted by atomic mass is 31.2. The average molecular weight is 153 g/mol. The molecule has 55 valence electrons. The molecule has 1 radical (unpaired) electrons. The Morgan fingerprint density at radius 1 is 1.44 bits per heavy atom. The summed E-state index contributed by atoms with van der Waals surface area (Å²) in [6.07, 6.45) is 0. The van der Waals surface area contributed by atoms with Gasteiger partial charge in [-0.1, -0.05) is 0 Å². The van der Waals surface area contributed by atoms with Gasteiger partial charge in [0.25, 0.3) is 0 Å². The van der Waals surface area contributed by atoms with Crippen molar-refractivity contribution in [1.29, 1.82) is 0 Å². The number of rotatable bonds is 1. The second-order valence-electron chi connectivity index (χ2n) is 2.67. The molecule has 1 unspecified atom stereocenters. The van der Waals surface area contributed by atoms with E-state index >= 15 is 0 Å². The van der Waals surface area contributed by atoms with E-state index in [0.717, 1.165) is 0 Å². The SMILES string of the molecule is CC(C)(C)OP([O])(=O)O. The zero-order valence-electron chi connectivity index (χ0n) is 5.62. The first kappa shape index (κ1) is 9.11. The van der Waals surface area contributed by atoms with Crippen LogP contribution in [-0.2, 0) is 14.0 Å². The van der Waals surface area contributed by atoms with E-state index in [1.165, 1.54) is 20.8 Å². The van der Waals surface area contributed by atoms with Crippen LogP contribution in [0.15, 0.2) is 0 Å². The summed E-state index contributed by atoms with van der Waals surface area (Å²) in [5.74, 6) is 0. The van der Waals surface area contributed by atoms with Gasteiger partial charge in [0.15, 0.2) is 0 Å². The highest BCUT2D eigenvalue weighted by Crippen LogP contribution is 2.41. The molecule has 0 saturated heterocycles. The molecule has 5 heteroatoms. The third-order valence-electron chi connectivity index (χ3n) is 0.389. The smallest absolute Gasteiger partial charge is 0.301 e. The molecule has 9 heavy (non-hydrogen) atoms. The van der Waals surface area contributed by atoms with E-state index in [1.807, 2.05) is 0 Å². The van der Waals surface area contributed by atoms with Crippen LogP contribution in [0.3, 0.4) is 0 Å². The van der Waals surface area contributed by atoms with Crippen LogP contribution >= 0.6 is 7.82 Å². The molecule has 0 rings (SSSR count). The van der Waals surface area contributed by atoms with Gasteiger partial charge in [-0.25, -0.2) is 4.57 Å². The Morgan fingerprint density at radius 2 is 1.78 bits per heavy atom. The summed E-state index contributed by atoms with van der Waals surface area (Å²) in [5.41, 5.74) is -0.841. The van der Waals surface area contributed by atoms with Crippen molar-refractivity contribution in [2.75, 3.05) is 0 Å². The van der Waals surface area contributed by atoms with Gasteiger partial charge >= 0.3 is 7.82 Å². The average Bonchev–Trinajstić information content (AvgIpc) is 1.14. The fourth-order valence-corrected chi connectivity index (χ4v) is 1.04. The van der Waals surface area contributed by atoms with Crippen molar-refractivity contribution in [2.24, 2.45) is 0 Å². The molecule has 0 aromatic rings. The molecule has 0 aliphatic rings. The Morgan fingerprint density at radius 3 is 1.78 bits per heavy atom. The van der Waals surface area contributed by atoms with Crippen molar-refractivity contribution in [3.8, 4) is 0 Å². The fraction of sp³-hybridized carbons (Fsp3) is 1.00. The molecule has 0 fully saturated rings. The van der Waals surface area contributed by atoms with Crippen molar-refractivity contribution < 1.29 is 18.9 Å². The highest BCUT2D eigenvalue weighted by molar-refractivity contribution is 7.46. The highest BCUT2D eigenvalue weighted by Gasteiger charge is 2.25. The molecule has 0 spiro atoms. The Hall–Kier alpha value is 0.110. The summed E-state index contributed by atoms with van der Waals surface area (Å²) in [6.45, 7) is 4.61. The first-order valence-electron chi connectivity index (χ1n) is 2.45. The van der Waals surface area contributed by atoms with Gasteiger partial charge in [-0.3, -0.25) is 4.52 Å². The lowest BCUT2D eigenvalue weighted by Gasteiger charge is -2.17. The summed E-state index contributed by atoms with van der Waals surface area (Å²) in [5, 5.41) is 0. The predicted octanol–water partition coefficient (Wildman–Crippen LogP) is 1.33. The van der Waals surface area contributed by atoms with Gasteiger partial charge in [-0.15, -0.1) is 4.89 Å². The maximum Gasteiger partial charge on any atom is 0.500 e. The summed E-state index contributed by atoms with van der Waals surface area (Å²) >= 11 is 0. The molecule has 0 bridgehead atoms. The van der Waals surface area contributed by atoms with Gasteiger partial charge in [0.05, 0.1) is 5.60 Å². The molecule has 0 heterocycles. The van der Waals surface area contributed by atoms with Gasteiger partial charge in [0, 0.05) is 0 Å². The van der Waals surface area contributed by atoms with Crippen molar-refractivity contribution in [1.82, 2.24) is 0 Å². The van der Waals surface area contributed by atoms with Gasteiger partial charge < -0.3 is 4.89 Å². The normalized spacial score (nSPS) is 13.9. The summed E-state index contributed by atoms with van der Waals surface area (Å²) < 4.78 is 14.2. The standard InChI is InChI=1S/C4H10O4P/c1-4(2,3)8-9(5,6)7/h1-3H3,(H,5,6). The Balaban J connectivity index is 3.90. The van der Waals surface area contributed by atoms with Gasteiger partial charge in [0.1, 0.15) is 0 Å². The molecule has 0 aromatic carbocycles. The molecule has 0 aliphatic carbocycles. The maximum absolute atomic E-state index is 10.0. The van der Waals surface area contributed by atoms with Crippen LogP contribution in [0.4, 0.5) is 0 Å². The summed E-state index contributed by atoms with van der Waals surface area (Å²) in [6, 6.07) is 0. The molecule has 0 saturated carbocycles. The minimum atomic E-state index is -4.54. The van der Waals surface area contributed by atoms with Crippen LogP contribution in [0.1, 0.15) is 20.8 Å². The first-order chi connectivity index (χ1) is 3.71. The van der Waals surface area contributed by atoms with E-state index < -0.39 is 13.4 Å².